The van der Waals surface area contributed by atoms with Crippen molar-refractivity contribution in [3.05, 3.63) is 45.4 Å². The molecule has 1 aromatic carbocycles. The van der Waals surface area contributed by atoms with Crippen molar-refractivity contribution in [1.82, 2.24) is 15.5 Å². The third-order valence-electron chi connectivity index (χ3n) is 3.54. The number of benzene rings is 1. The van der Waals surface area contributed by atoms with Gasteiger partial charge in [-0.05, 0) is 44.2 Å². The molecule has 0 aliphatic carbocycles. The Morgan fingerprint density at radius 2 is 1.67 bits per heavy atom. The number of rotatable bonds is 6. The molecule has 0 fully saturated rings. The summed E-state index contributed by atoms with van der Waals surface area (Å²) in [5.74, 6) is 0.701. The van der Waals surface area contributed by atoms with Crippen molar-refractivity contribution in [3.63, 3.8) is 0 Å². The summed E-state index contributed by atoms with van der Waals surface area (Å²) >= 11 is 1.66. The summed E-state index contributed by atoms with van der Waals surface area (Å²) in [6, 6.07) is 9.47. The van der Waals surface area contributed by atoms with Gasteiger partial charge in [0.2, 0.25) is 0 Å². The smallest absolute Gasteiger partial charge is 0.134 e. The van der Waals surface area contributed by atoms with E-state index in [1.165, 1.54) is 11.1 Å². The Kier molecular flexibility index (Phi) is 5.48. The van der Waals surface area contributed by atoms with Gasteiger partial charge < -0.3 is 5.32 Å². The third kappa shape index (κ3) is 4.61. The van der Waals surface area contributed by atoms with E-state index in [0.29, 0.717) is 12.0 Å². The van der Waals surface area contributed by atoms with Gasteiger partial charge in [-0.15, -0.1) is 21.5 Å². The first-order chi connectivity index (χ1) is 9.95. The lowest BCUT2D eigenvalue weighted by Crippen LogP contribution is -2.22. The van der Waals surface area contributed by atoms with Crippen molar-refractivity contribution >= 4 is 11.3 Å². The standard InChI is InChI=1S/C17H25N3S/c1-11(2)10-15-6-8-16(9-7-15)12(3)18-13(4)17-20-19-14(5)21-17/h6-9,11-13,18H,10H2,1-5H3/t12-,13+/m0/s1. The minimum absolute atomic E-state index is 0.224. The Morgan fingerprint density at radius 3 is 2.19 bits per heavy atom. The fraction of sp³-hybridized carbons (Fsp3) is 0.529. The molecule has 0 saturated heterocycles. The van der Waals surface area contributed by atoms with E-state index in [0.717, 1.165) is 16.4 Å². The molecular formula is C17H25N3S. The van der Waals surface area contributed by atoms with Crippen LogP contribution in [0.5, 0.6) is 0 Å². The van der Waals surface area contributed by atoms with E-state index in [4.69, 9.17) is 0 Å². The first-order valence-corrected chi connectivity index (χ1v) is 8.42. The summed E-state index contributed by atoms with van der Waals surface area (Å²) in [6.07, 6.45) is 1.14. The summed E-state index contributed by atoms with van der Waals surface area (Å²) in [7, 11) is 0. The molecule has 21 heavy (non-hydrogen) atoms. The number of hydrogen-bond donors (Lipinski definition) is 1. The second-order valence-electron chi connectivity index (χ2n) is 6.11. The van der Waals surface area contributed by atoms with E-state index in [1.54, 1.807) is 11.3 Å². The predicted octanol–water partition coefficient (Wildman–Crippen LogP) is 4.46. The molecule has 2 aromatic rings. The van der Waals surface area contributed by atoms with E-state index < -0.39 is 0 Å². The van der Waals surface area contributed by atoms with Gasteiger partial charge in [0.1, 0.15) is 10.0 Å². The van der Waals surface area contributed by atoms with Gasteiger partial charge in [-0.1, -0.05) is 38.1 Å². The summed E-state index contributed by atoms with van der Waals surface area (Å²) in [6.45, 7) is 10.8. The van der Waals surface area contributed by atoms with Gasteiger partial charge in [-0.3, -0.25) is 0 Å². The van der Waals surface area contributed by atoms with Crippen LogP contribution in [0.25, 0.3) is 0 Å². The molecule has 0 unspecified atom stereocenters. The minimum atomic E-state index is 0.224. The van der Waals surface area contributed by atoms with Crippen molar-refractivity contribution in [2.45, 2.75) is 53.1 Å². The van der Waals surface area contributed by atoms with Crippen LogP contribution in [-0.2, 0) is 6.42 Å². The molecule has 4 heteroatoms. The molecule has 0 saturated carbocycles. The highest BCUT2D eigenvalue weighted by Gasteiger charge is 2.14. The molecule has 114 valence electrons. The van der Waals surface area contributed by atoms with Crippen LogP contribution in [0.15, 0.2) is 24.3 Å². The van der Waals surface area contributed by atoms with Gasteiger partial charge >= 0.3 is 0 Å². The summed E-state index contributed by atoms with van der Waals surface area (Å²) in [5, 5.41) is 14.0. The molecule has 0 bridgehead atoms. The van der Waals surface area contributed by atoms with Crippen molar-refractivity contribution in [2.75, 3.05) is 0 Å². The van der Waals surface area contributed by atoms with Gasteiger partial charge in [-0.2, -0.15) is 0 Å². The third-order valence-corrected chi connectivity index (χ3v) is 4.56. The number of aryl methyl sites for hydroxylation is 1. The van der Waals surface area contributed by atoms with E-state index in [9.17, 15) is 0 Å². The molecular weight excluding hydrogens is 278 g/mol. The fourth-order valence-electron chi connectivity index (χ4n) is 2.44. The predicted molar refractivity (Wildman–Crippen MR) is 89.6 cm³/mol. The zero-order valence-electron chi connectivity index (χ0n) is 13.6. The van der Waals surface area contributed by atoms with E-state index in [-0.39, 0.29) is 6.04 Å². The Hall–Kier alpha value is -1.26. The van der Waals surface area contributed by atoms with E-state index in [2.05, 4.69) is 67.5 Å². The average molecular weight is 303 g/mol. The Morgan fingerprint density at radius 1 is 1.00 bits per heavy atom. The molecule has 2 rings (SSSR count). The highest BCUT2D eigenvalue weighted by molar-refractivity contribution is 7.11. The van der Waals surface area contributed by atoms with Crippen LogP contribution in [0, 0.1) is 12.8 Å². The largest absolute Gasteiger partial charge is 0.301 e. The monoisotopic (exact) mass is 303 g/mol. The first-order valence-electron chi connectivity index (χ1n) is 7.60. The lowest BCUT2D eigenvalue weighted by atomic mass is 10.00. The van der Waals surface area contributed by atoms with Crippen LogP contribution in [0.1, 0.15) is 60.9 Å². The average Bonchev–Trinajstić information content (AvgIpc) is 2.85. The molecule has 0 radical (unpaired) electrons. The molecule has 1 heterocycles. The topological polar surface area (TPSA) is 37.8 Å². The van der Waals surface area contributed by atoms with E-state index in [1.807, 2.05) is 6.92 Å². The Bertz CT molecular complexity index is 560. The summed E-state index contributed by atoms with van der Waals surface area (Å²) in [4.78, 5) is 0. The zero-order chi connectivity index (χ0) is 15.4. The SMILES string of the molecule is Cc1nnc([C@@H](C)N[C@@H](C)c2ccc(CC(C)C)cc2)s1. The van der Waals surface area contributed by atoms with Crippen molar-refractivity contribution in [3.8, 4) is 0 Å². The van der Waals surface area contributed by atoms with Crippen LogP contribution >= 0.6 is 11.3 Å². The maximum absolute atomic E-state index is 4.22. The maximum Gasteiger partial charge on any atom is 0.134 e. The molecule has 0 aliphatic heterocycles. The molecule has 1 aromatic heterocycles. The molecule has 0 spiro atoms. The minimum Gasteiger partial charge on any atom is -0.301 e. The van der Waals surface area contributed by atoms with Crippen LogP contribution < -0.4 is 5.32 Å². The second-order valence-corrected chi connectivity index (χ2v) is 7.32. The van der Waals surface area contributed by atoms with Gasteiger partial charge in [0.15, 0.2) is 0 Å². The number of nitrogens with one attached hydrogen (secondary N) is 1. The fourth-order valence-corrected chi connectivity index (χ4v) is 3.15. The van der Waals surface area contributed by atoms with Crippen LogP contribution in [0.4, 0.5) is 0 Å². The molecule has 0 amide bonds. The van der Waals surface area contributed by atoms with Crippen molar-refractivity contribution < 1.29 is 0 Å². The van der Waals surface area contributed by atoms with Gasteiger partial charge in [-0.25, -0.2) is 0 Å². The Labute approximate surface area is 131 Å². The van der Waals surface area contributed by atoms with Crippen LogP contribution in [-0.4, -0.2) is 10.2 Å². The van der Waals surface area contributed by atoms with Gasteiger partial charge in [0.25, 0.3) is 0 Å². The summed E-state index contributed by atoms with van der Waals surface area (Å²) < 4.78 is 0. The Balaban J connectivity index is 1.98. The van der Waals surface area contributed by atoms with Crippen LogP contribution in [0.2, 0.25) is 0 Å². The number of nitrogens with zero attached hydrogens (tertiary/aromatic N) is 2. The first kappa shape index (κ1) is 16.1. The van der Waals surface area contributed by atoms with Crippen LogP contribution in [0.3, 0.4) is 0 Å². The molecule has 1 N–H and O–H groups in total. The molecule has 2 atom stereocenters. The quantitative estimate of drug-likeness (QED) is 0.856. The van der Waals surface area contributed by atoms with Crippen molar-refractivity contribution in [2.24, 2.45) is 5.92 Å². The highest BCUT2D eigenvalue weighted by Crippen LogP contribution is 2.22. The molecule has 0 aliphatic rings. The second kappa shape index (κ2) is 7.14. The maximum atomic E-state index is 4.22. The summed E-state index contributed by atoms with van der Waals surface area (Å²) in [5.41, 5.74) is 2.73. The van der Waals surface area contributed by atoms with Gasteiger partial charge in [0, 0.05) is 6.04 Å². The normalized spacial score (nSPS) is 14.4. The molecule has 3 nitrogen and oxygen atoms in total. The number of hydrogen-bond acceptors (Lipinski definition) is 4. The van der Waals surface area contributed by atoms with Crippen molar-refractivity contribution in [1.29, 1.82) is 0 Å². The highest BCUT2D eigenvalue weighted by atomic mass is 32.1. The van der Waals surface area contributed by atoms with E-state index >= 15 is 0 Å². The lowest BCUT2D eigenvalue weighted by Gasteiger charge is -2.19. The van der Waals surface area contributed by atoms with Gasteiger partial charge in [0.05, 0.1) is 6.04 Å². The zero-order valence-corrected chi connectivity index (χ0v) is 14.4. The lowest BCUT2D eigenvalue weighted by molar-refractivity contribution is 0.490. The number of aromatic nitrogens is 2.